The lowest BCUT2D eigenvalue weighted by Crippen LogP contribution is -2.27. The minimum atomic E-state index is -0.664. The van der Waals surface area contributed by atoms with Crippen LogP contribution in [0.15, 0.2) is 42.7 Å². The Hall–Kier alpha value is -2.43. The maximum atomic E-state index is 13.4. The van der Waals surface area contributed by atoms with Gasteiger partial charge in [0.15, 0.2) is 5.82 Å². The number of pyridine rings is 1. The number of phenolic OH excluding ortho intramolecular Hbond substituents is 1. The Balaban J connectivity index is 2.13. The van der Waals surface area contributed by atoms with Crippen molar-refractivity contribution in [2.75, 3.05) is 0 Å². The second-order valence-corrected chi connectivity index (χ2v) is 4.15. The van der Waals surface area contributed by atoms with Crippen molar-refractivity contribution in [2.24, 2.45) is 0 Å². The molecule has 5 heteroatoms. The third-order valence-corrected chi connectivity index (χ3v) is 2.73. The normalized spacial score (nSPS) is 11.9. The summed E-state index contributed by atoms with van der Waals surface area (Å²) >= 11 is 0. The van der Waals surface area contributed by atoms with Gasteiger partial charge >= 0.3 is 0 Å². The third-order valence-electron chi connectivity index (χ3n) is 2.73. The molecule has 1 heterocycles. The van der Waals surface area contributed by atoms with E-state index in [1.165, 1.54) is 12.3 Å². The molecule has 1 atom stereocenters. The fourth-order valence-electron chi connectivity index (χ4n) is 1.71. The predicted octanol–water partition coefficient (Wildman–Crippen LogP) is 2.42. The summed E-state index contributed by atoms with van der Waals surface area (Å²) in [5.41, 5.74) is 0.685. The molecule has 2 aromatic rings. The van der Waals surface area contributed by atoms with Gasteiger partial charge in [0.1, 0.15) is 5.75 Å². The van der Waals surface area contributed by atoms with Crippen LogP contribution in [0, 0.1) is 5.82 Å². The topological polar surface area (TPSA) is 62.2 Å². The zero-order valence-electron chi connectivity index (χ0n) is 10.3. The van der Waals surface area contributed by atoms with Gasteiger partial charge in [-0.3, -0.25) is 9.78 Å². The van der Waals surface area contributed by atoms with Crippen LogP contribution in [-0.4, -0.2) is 16.0 Å². The van der Waals surface area contributed by atoms with Crippen LogP contribution in [0.4, 0.5) is 4.39 Å². The number of carbonyl (C=O) groups excluding carboxylic acids is 1. The molecular formula is C14H13FN2O2. The number of phenols is 1. The molecule has 1 aromatic carbocycles. The molecule has 19 heavy (non-hydrogen) atoms. The Labute approximate surface area is 109 Å². The molecule has 0 fully saturated rings. The van der Waals surface area contributed by atoms with Crippen molar-refractivity contribution >= 4 is 5.91 Å². The maximum Gasteiger partial charge on any atom is 0.254 e. The first kappa shape index (κ1) is 13.0. The summed E-state index contributed by atoms with van der Waals surface area (Å²) in [6.07, 6.45) is 2.35. The number of halogens is 1. The van der Waals surface area contributed by atoms with E-state index in [0.717, 1.165) is 11.8 Å². The molecule has 1 unspecified atom stereocenters. The van der Waals surface area contributed by atoms with Crippen LogP contribution >= 0.6 is 0 Å². The second kappa shape index (κ2) is 5.48. The van der Waals surface area contributed by atoms with Gasteiger partial charge in [-0.25, -0.2) is 4.39 Å². The number of hydrogen-bond donors (Lipinski definition) is 2. The number of benzene rings is 1. The fraction of sp³-hybridized carbons (Fsp3) is 0.143. The van der Waals surface area contributed by atoms with Gasteiger partial charge in [-0.2, -0.15) is 0 Å². The summed E-state index contributed by atoms with van der Waals surface area (Å²) in [6, 6.07) is 7.52. The number of rotatable bonds is 3. The van der Waals surface area contributed by atoms with Crippen LogP contribution < -0.4 is 5.32 Å². The molecule has 0 spiro atoms. The van der Waals surface area contributed by atoms with Gasteiger partial charge in [0, 0.05) is 6.20 Å². The molecule has 0 radical (unpaired) electrons. The molecule has 1 aromatic heterocycles. The Bertz CT molecular complexity index is 602. The van der Waals surface area contributed by atoms with E-state index in [1.54, 1.807) is 31.2 Å². The minimum Gasteiger partial charge on any atom is -0.508 e. The van der Waals surface area contributed by atoms with Crippen molar-refractivity contribution in [3.8, 4) is 5.75 Å². The number of nitrogens with one attached hydrogen (secondary N) is 1. The monoisotopic (exact) mass is 260 g/mol. The number of carbonyl (C=O) groups is 1. The zero-order valence-corrected chi connectivity index (χ0v) is 10.3. The summed E-state index contributed by atoms with van der Waals surface area (Å²) in [6.45, 7) is 1.76. The molecule has 1 amide bonds. The van der Waals surface area contributed by atoms with Crippen LogP contribution in [0.3, 0.4) is 0 Å². The smallest absolute Gasteiger partial charge is 0.254 e. The van der Waals surface area contributed by atoms with Crippen LogP contribution in [0.25, 0.3) is 0 Å². The number of aromatic hydroxyl groups is 1. The third kappa shape index (κ3) is 3.07. The highest BCUT2D eigenvalue weighted by Gasteiger charge is 2.15. The molecule has 0 bridgehead atoms. The Kier molecular flexibility index (Phi) is 3.75. The van der Waals surface area contributed by atoms with E-state index in [-0.39, 0.29) is 17.4 Å². The lowest BCUT2D eigenvalue weighted by atomic mass is 10.1. The number of amides is 1. The summed E-state index contributed by atoms with van der Waals surface area (Å²) < 4.78 is 13.4. The first-order chi connectivity index (χ1) is 9.08. The Morgan fingerprint density at radius 2 is 2.21 bits per heavy atom. The van der Waals surface area contributed by atoms with Crippen LogP contribution in [0.5, 0.6) is 5.75 Å². The fourth-order valence-corrected chi connectivity index (χ4v) is 1.71. The molecule has 2 rings (SSSR count). The van der Waals surface area contributed by atoms with Crippen molar-refractivity contribution in [3.63, 3.8) is 0 Å². The van der Waals surface area contributed by atoms with Gasteiger partial charge in [-0.1, -0.05) is 12.1 Å². The molecule has 2 N–H and O–H groups in total. The van der Waals surface area contributed by atoms with E-state index in [9.17, 15) is 14.3 Å². The molecule has 0 aliphatic heterocycles. The largest absolute Gasteiger partial charge is 0.508 e. The van der Waals surface area contributed by atoms with Crippen molar-refractivity contribution in [3.05, 3.63) is 59.7 Å². The highest BCUT2D eigenvalue weighted by atomic mass is 19.1. The standard InChI is InChI=1S/C14H13FN2O2/c1-9(10-3-2-4-11(18)7-10)17-14(19)12-5-6-16-8-13(12)15/h2-9,18H,1H3,(H,17,19). The Morgan fingerprint density at radius 1 is 1.42 bits per heavy atom. The van der Waals surface area contributed by atoms with E-state index >= 15 is 0 Å². The van der Waals surface area contributed by atoms with Crippen molar-refractivity contribution in [1.82, 2.24) is 10.3 Å². The second-order valence-electron chi connectivity index (χ2n) is 4.15. The Morgan fingerprint density at radius 3 is 2.89 bits per heavy atom. The van der Waals surface area contributed by atoms with E-state index in [0.29, 0.717) is 0 Å². The molecule has 0 aliphatic rings. The highest BCUT2D eigenvalue weighted by molar-refractivity contribution is 5.94. The van der Waals surface area contributed by atoms with E-state index in [1.807, 2.05) is 0 Å². The molecule has 0 saturated heterocycles. The maximum absolute atomic E-state index is 13.4. The van der Waals surface area contributed by atoms with Gasteiger partial charge in [0.05, 0.1) is 17.8 Å². The molecule has 4 nitrogen and oxygen atoms in total. The van der Waals surface area contributed by atoms with Crippen molar-refractivity contribution in [1.29, 1.82) is 0 Å². The van der Waals surface area contributed by atoms with Gasteiger partial charge in [0.2, 0.25) is 0 Å². The van der Waals surface area contributed by atoms with Gasteiger partial charge < -0.3 is 10.4 Å². The summed E-state index contributed by atoms with van der Waals surface area (Å²) in [4.78, 5) is 15.5. The molecule has 0 aliphatic carbocycles. The summed E-state index contributed by atoms with van der Waals surface area (Å²) in [5.74, 6) is -1.06. The summed E-state index contributed by atoms with van der Waals surface area (Å²) in [7, 11) is 0. The van der Waals surface area contributed by atoms with Crippen LogP contribution in [-0.2, 0) is 0 Å². The van der Waals surface area contributed by atoms with Crippen molar-refractivity contribution < 1.29 is 14.3 Å². The van der Waals surface area contributed by atoms with Gasteiger partial charge in [0.25, 0.3) is 5.91 Å². The predicted molar refractivity (Wildman–Crippen MR) is 68.2 cm³/mol. The molecule has 98 valence electrons. The zero-order chi connectivity index (χ0) is 13.8. The number of hydrogen-bond acceptors (Lipinski definition) is 3. The van der Waals surface area contributed by atoms with Crippen molar-refractivity contribution in [2.45, 2.75) is 13.0 Å². The lowest BCUT2D eigenvalue weighted by Gasteiger charge is -2.14. The van der Waals surface area contributed by atoms with Gasteiger partial charge in [-0.05, 0) is 30.7 Å². The average Bonchev–Trinajstić information content (AvgIpc) is 2.39. The minimum absolute atomic E-state index is 0.0537. The lowest BCUT2D eigenvalue weighted by molar-refractivity contribution is 0.0935. The number of nitrogens with zero attached hydrogens (tertiary/aromatic N) is 1. The first-order valence-corrected chi connectivity index (χ1v) is 5.77. The summed E-state index contributed by atoms with van der Waals surface area (Å²) in [5, 5.41) is 12.0. The van der Waals surface area contributed by atoms with Gasteiger partial charge in [-0.15, -0.1) is 0 Å². The number of aromatic nitrogens is 1. The van der Waals surface area contributed by atoms with Crippen LogP contribution in [0.2, 0.25) is 0 Å². The molecule has 0 saturated carbocycles. The van der Waals surface area contributed by atoms with E-state index < -0.39 is 11.7 Å². The SMILES string of the molecule is CC(NC(=O)c1ccncc1F)c1cccc(O)c1. The quantitative estimate of drug-likeness (QED) is 0.890. The first-order valence-electron chi connectivity index (χ1n) is 5.77. The van der Waals surface area contributed by atoms with Crippen LogP contribution in [0.1, 0.15) is 28.9 Å². The van der Waals surface area contributed by atoms with E-state index in [2.05, 4.69) is 10.3 Å². The average molecular weight is 260 g/mol. The van der Waals surface area contributed by atoms with E-state index in [4.69, 9.17) is 0 Å². The highest BCUT2D eigenvalue weighted by Crippen LogP contribution is 2.18. The molecular weight excluding hydrogens is 247 g/mol.